The van der Waals surface area contributed by atoms with Crippen molar-refractivity contribution in [2.75, 3.05) is 0 Å². The zero-order valence-electron chi connectivity index (χ0n) is 13.2. The minimum absolute atomic E-state index is 0.0246. The molecule has 0 aromatic carbocycles. The largest absolute Gasteiger partial charge is 0.306 e. The minimum atomic E-state index is -0.0246. The molecule has 1 atom stereocenters. The molecule has 2 aromatic rings. The molecule has 7 heteroatoms. The van der Waals surface area contributed by atoms with Crippen LogP contribution < -0.4 is 5.32 Å². The van der Waals surface area contributed by atoms with Crippen LogP contribution in [-0.2, 0) is 25.0 Å². The summed E-state index contributed by atoms with van der Waals surface area (Å²) in [7, 11) is 0. The molecule has 1 N–H and O–H groups in total. The first kappa shape index (κ1) is 14.2. The van der Waals surface area contributed by atoms with Crippen LogP contribution in [0.1, 0.15) is 44.5 Å². The SMILES string of the molecule is Cc1nc2n(n1)C[C@H](NCc1cn(C(C)(C)C)nn1)CC2. The highest BCUT2D eigenvalue weighted by Crippen LogP contribution is 2.14. The molecule has 3 heterocycles. The number of nitrogens with zero attached hydrogens (tertiary/aromatic N) is 6. The van der Waals surface area contributed by atoms with Crippen molar-refractivity contribution in [3.05, 3.63) is 23.5 Å². The Labute approximate surface area is 124 Å². The minimum Gasteiger partial charge on any atom is -0.306 e. The van der Waals surface area contributed by atoms with Gasteiger partial charge in [0.05, 0.1) is 24.0 Å². The quantitative estimate of drug-likeness (QED) is 0.914. The summed E-state index contributed by atoms with van der Waals surface area (Å²) in [6.07, 6.45) is 4.08. The summed E-state index contributed by atoms with van der Waals surface area (Å²) < 4.78 is 3.92. The number of aryl methyl sites for hydroxylation is 2. The Hall–Kier alpha value is -1.76. The maximum absolute atomic E-state index is 4.43. The molecule has 1 aliphatic heterocycles. The third-order valence-corrected chi connectivity index (χ3v) is 3.76. The lowest BCUT2D eigenvalue weighted by Crippen LogP contribution is -2.37. The smallest absolute Gasteiger partial charge is 0.147 e. The number of aromatic nitrogens is 6. The van der Waals surface area contributed by atoms with E-state index in [1.54, 1.807) is 0 Å². The van der Waals surface area contributed by atoms with Gasteiger partial charge in [0.1, 0.15) is 11.6 Å². The molecule has 0 aliphatic carbocycles. The van der Waals surface area contributed by atoms with E-state index in [-0.39, 0.29) is 5.54 Å². The van der Waals surface area contributed by atoms with Crippen LogP contribution in [0.4, 0.5) is 0 Å². The first-order chi connectivity index (χ1) is 9.91. The fraction of sp³-hybridized carbons (Fsp3) is 0.714. The monoisotopic (exact) mass is 289 g/mol. The van der Waals surface area contributed by atoms with E-state index in [4.69, 9.17) is 0 Å². The molecule has 0 bridgehead atoms. The highest BCUT2D eigenvalue weighted by molar-refractivity contribution is 4.98. The van der Waals surface area contributed by atoms with E-state index in [0.29, 0.717) is 6.04 Å². The van der Waals surface area contributed by atoms with E-state index in [2.05, 4.69) is 46.5 Å². The zero-order valence-corrected chi connectivity index (χ0v) is 13.2. The van der Waals surface area contributed by atoms with Gasteiger partial charge in [0.2, 0.25) is 0 Å². The number of rotatable bonds is 3. The van der Waals surface area contributed by atoms with E-state index in [9.17, 15) is 0 Å². The lowest BCUT2D eigenvalue weighted by atomic mass is 10.1. The molecule has 21 heavy (non-hydrogen) atoms. The predicted molar refractivity (Wildman–Crippen MR) is 78.7 cm³/mol. The van der Waals surface area contributed by atoms with Crippen molar-refractivity contribution in [3.63, 3.8) is 0 Å². The Bertz CT molecular complexity index is 620. The van der Waals surface area contributed by atoms with Crippen LogP contribution in [0, 0.1) is 6.92 Å². The second-order valence-corrected chi connectivity index (χ2v) is 6.70. The Morgan fingerprint density at radius 1 is 1.38 bits per heavy atom. The van der Waals surface area contributed by atoms with Crippen LogP contribution in [0.5, 0.6) is 0 Å². The van der Waals surface area contributed by atoms with Crippen molar-refractivity contribution in [3.8, 4) is 0 Å². The number of hydrogen-bond donors (Lipinski definition) is 1. The lowest BCUT2D eigenvalue weighted by molar-refractivity contribution is 0.346. The first-order valence-electron chi connectivity index (χ1n) is 7.47. The van der Waals surface area contributed by atoms with Gasteiger partial charge in [0, 0.05) is 19.0 Å². The zero-order chi connectivity index (χ0) is 15.0. The van der Waals surface area contributed by atoms with Crippen LogP contribution in [0.2, 0.25) is 0 Å². The Morgan fingerprint density at radius 2 is 2.19 bits per heavy atom. The van der Waals surface area contributed by atoms with Gasteiger partial charge in [-0.1, -0.05) is 5.21 Å². The molecule has 0 saturated heterocycles. The van der Waals surface area contributed by atoms with E-state index in [1.807, 2.05) is 22.5 Å². The normalized spacial score (nSPS) is 18.8. The van der Waals surface area contributed by atoms with Crippen molar-refractivity contribution in [1.82, 2.24) is 35.1 Å². The molecule has 0 radical (unpaired) electrons. The van der Waals surface area contributed by atoms with Crippen LogP contribution in [0.25, 0.3) is 0 Å². The Morgan fingerprint density at radius 3 is 2.90 bits per heavy atom. The van der Waals surface area contributed by atoms with E-state index in [0.717, 1.165) is 43.3 Å². The van der Waals surface area contributed by atoms with Gasteiger partial charge in [-0.2, -0.15) is 5.10 Å². The number of fused-ring (bicyclic) bond motifs is 1. The Balaban J connectivity index is 1.58. The van der Waals surface area contributed by atoms with Crippen molar-refractivity contribution >= 4 is 0 Å². The van der Waals surface area contributed by atoms with Crippen LogP contribution >= 0.6 is 0 Å². The summed E-state index contributed by atoms with van der Waals surface area (Å²) in [5, 5.41) is 16.4. The molecule has 3 rings (SSSR count). The molecular formula is C14H23N7. The van der Waals surface area contributed by atoms with Gasteiger partial charge >= 0.3 is 0 Å². The third-order valence-electron chi connectivity index (χ3n) is 3.76. The molecule has 0 amide bonds. The van der Waals surface area contributed by atoms with E-state index in [1.165, 1.54) is 0 Å². The van der Waals surface area contributed by atoms with Gasteiger partial charge in [0.15, 0.2) is 0 Å². The summed E-state index contributed by atoms with van der Waals surface area (Å²) in [5.74, 6) is 1.96. The van der Waals surface area contributed by atoms with Gasteiger partial charge < -0.3 is 5.32 Å². The van der Waals surface area contributed by atoms with Crippen LogP contribution in [-0.4, -0.2) is 35.8 Å². The summed E-state index contributed by atoms with van der Waals surface area (Å²) >= 11 is 0. The molecule has 0 spiro atoms. The molecule has 1 aliphatic rings. The fourth-order valence-electron chi connectivity index (χ4n) is 2.56. The third kappa shape index (κ3) is 3.12. The van der Waals surface area contributed by atoms with Gasteiger partial charge in [-0.05, 0) is 34.1 Å². The maximum atomic E-state index is 4.43. The second kappa shape index (κ2) is 5.22. The number of hydrogen-bond acceptors (Lipinski definition) is 5. The average Bonchev–Trinajstić information content (AvgIpc) is 3.00. The Kier molecular flexibility index (Phi) is 3.52. The van der Waals surface area contributed by atoms with Crippen LogP contribution in [0.15, 0.2) is 6.20 Å². The summed E-state index contributed by atoms with van der Waals surface area (Å²) in [5.41, 5.74) is 0.953. The molecule has 7 nitrogen and oxygen atoms in total. The highest BCUT2D eigenvalue weighted by Gasteiger charge is 2.21. The van der Waals surface area contributed by atoms with E-state index < -0.39 is 0 Å². The molecule has 2 aromatic heterocycles. The summed E-state index contributed by atoms with van der Waals surface area (Å²) in [6.45, 7) is 9.92. The lowest BCUT2D eigenvalue weighted by Gasteiger charge is -2.23. The maximum Gasteiger partial charge on any atom is 0.147 e. The average molecular weight is 289 g/mol. The second-order valence-electron chi connectivity index (χ2n) is 6.70. The predicted octanol–water partition coefficient (Wildman–Crippen LogP) is 1.04. The fourth-order valence-corrected chi connectivity index (χ4v) is 2.56. The summed E-state index contributed by atoms with van der Waals surface area (Å²) in [4.78, 5) is 4.43. The van der Waals surface area contributed by atoms with E-state index >= 15 is 0 Å². The standard InChI is InChI=1S/C14H23N7/c1-10-16-13-6-5-11(8-20(13)18-10)15-7-12-9-21(19-17-12)14(2,3)4/h9,11,15H,5-8H2,1-4H3/t11-/m1/s1. The van der Waals surface area contributed by atoms with Crippen molar-refractivity contribution in [2.45, 2.75) is 65.2 Å². The van der Waals surface area contributed by atoms with Crippen molar-refractivity contribution < 1.29 is 0 Å². The molecular weight excluding hydrogens is 266 g/mol. The highest BCUT2D eigenvalue weighted by atomic mass is 15.4. The first-order valence-corrected chi connectivity index (χ1v) is 7.47. The number of nitrogens with one attached hydrogen (secondary N) is 1. The summed E-state index contributed by atoms with van der Waals surface area (Å²) in [6, 6.07) is 0.415. The van der Waals surface area contributed by atoms with Gasteiger partial charge in [-0.3, -0.25) is 0 Å². The van der Waals surface area contributed by atoms with Gasteiger partial charge in [-0.25, -0.2) is 14.3 Å². The van der Waals surface area contributed by atoms with Crippen LogP contribution in [0.3, 0.4) is 0 Å². The topological polar surface area (TPSA) is 73.5 Å². The van der Waals surface area contributed by atoms with Gasteiger partial charge in [0.25, 0.3) is 0 Å². The van der Waals surface area contributed by atoms with Gasteiger partial charge in [-0.15, -0.1) is 5.10 Å². The molecule has 0 fully saturated rings. The molecule has 114 valence electrons. The molecule has 0 unspecified atom stereocenters. The molecule has 0 saturated carbocycles. The van der Waals surface area contributed by atoms with Crippen molar-refractivity contribution in [1.29, 1.82) is 0 Å². The van der Waals surface area contributed by atoms with Crippen molar-refractivity contribution in [2.24, 2.45) is 0 Å².